The molecule has 1 atom stereocenters. The molecule has 1 aromatic heterocycles. The Labute approximate surface area is 167 Å². The molecule has 5 rings (SSSR count). The van der Waals surface area contributed by atoms with Crippen molar-refractivity contribution in [3.63, 3.8) is 0 Å². The highest BCUT2D eigenvalue weighted by atomic mass is 15.2. The van der Waals surface area contributed by atoms with E-state index in [0.717, 1.165) is 32.7 Å². The lowest BCUT2D eigenvalue weighted by molar-refractivity contribution is 0.179. The van der Waals surface area contributed by atoms with E-state index in [1.54, 1.807) is 0 Å². The highest BCUT2D eigenvalue weighted by Crippen LogP contribution is 2.34. The third kappa shape index (κ3) is 3.47. The van der Waals surface area contributed by atoms with Crippen LogP contribution in [0.3, 0.4) is 0 Å². The van der Waals surface area contributed by atoms with E-state index in [4.69, 9.17) is 4.98 Å². The Morgan fingerprint density at radius 2 is 1.86 bits per heavy atom. The summed E-state index contributed by atoms with van der Waals surface area (Å²) in [5.41, 5.74) is 5.22. The second-order valence-corrected chi connectivity index (χ2v) is 8.51. The lowest BCUT2D eigenvalue weighted by Gasteiger charge is -2.34. The molecule has 2 aromatic carbocycles. The van der Waals surface area contributed by atoms with Crippen molar-refractivity contribution >= 4 is 11.0 Å². The van der Waals surface area contributed by atoms with Gasteiger partial charge in [0.25, 0.3) is 0 Å². The molecular formula is C24H30N4. The highest BCUT2D eigenvalue weighted by Gasteiger charge is 2.29. The van der Waals surface area contributed by atoms with Gasteiger partial charge in [-0.25, -0.2) is 4.98 Å². The number of hydrogen-bond donors (Lipinski definition) is 1. The van der Waals surface area contributed by atoms with Gasteiger partial charge in [-0.2, -0.15) is 0 Å². The summed E-state index contributed by atoms with van der Waals surface area (Å²) in [4.78, 5) is 7.73. The molecule has 3 heterocycles. The molecule has 0 amide bonds. The van der Waals surface area contributed by atoms with Crippen LogP contribution in [0.5, 0.6) is 0 Å². The molecule has 0 saturated carbocycles. The average Bonchev–Trinajstić information content (AvgIpc) is 3.37. The number of benzene rings is 2. The Bertz CT molecular complexity index is 932. The molecule has 2 saturated heterocycles. The number of imidazole rings is 1. The van der Waals surface area contributed by atoms with E-state index < -0.39 is 0 Å². The van der Waals surface area contributed by atoms with Crippen molar-refractivity contribution in [3.05, 3.63) is 65.5 Å². The molecule has 4 heteroatoms. The molecule has 3 aromatic rings. The van der Waals surface area contributed by atoms with Crippen LogP contribution in [0.4, 0.5) is 0 Å². The maximum Gasteiger partial charge on any atom is 0.114 e. The van der Waals surface area contributed by atoms with Crippen LogP contribution in [0, 0.1) is 6.92 Å². The van der Waals surface area contributed by atoms with Gasteiger partial charge in [-0.1, -0.05) is 36.4 Å². The largest absolute Gasteiger partial charge is 0.324 e. The van der Waals surface area contributed by atoms with E-state index in [0.29, 0.717) is 12.0 Å². The average molecular weight is 375 g/mol. The van der Waals surface area contributed by atoms with Crippen LogP contribution in [0.2, 0.25) is 0 Å². The summed E-state index contributed by atoms with van der Waals surface area (Å²) in [7, 11) is 0. The number of aromatic nitrogens is 2. The summed E-state index contributed by atoms with van der Waals surface area (Å²) in [6, 6.07) is 18.2. The van der Waals surface area contributed by atoms with Crippen molar-refractivity contribution in [2.24, 2.45) is 0 Å². The summed E-state index contributed by atoms with van der Waals surface area (Å²) in [5.74, 6) is 1.86. The maximum atomic E-state index is 5.13. The number of rotatable bonds is 4. The zero-order valence-corrected chi connectivity index (χ0v) is 16.8. The predicted octanol–water partition coefficient (Wildman–Crippen LogP) is 4.26. The van der Waals surface area contributed by atoms with Gasteiger partial charge < -0.3 is 9.88 Å². The molecular weight excluding hydrogens is 344 g/mol. The molecule has 146 valence electrons. The van der Waals surface area contributed by atoms with Crippen LogP contribution >= 0.6 is 0 Å². The van der Waals surface area contributed by atoms with Gasteiger partial charge in [0.15, 0.2) is 0 Å². The van der Waals surface area contributed by atoms with Crippen LogP contribution < -0.4 is 5.32 Å². The van der Waals surface area contributed by atoms with Crippen molar-refractivity contribution < 1.29 is 0 Å². The van der Waals surface area contributed by atoms with Crippen LogP contribution in [0.1, 0.15) is 48.2 Å². The minimum atomic E-state index is 0.551. The van der Waals surface area contributed by atoms with Gasteiger partial charge in [-0.3, -0.25) is 4.90 Å². The van der Waals surface area contributed by atoms with Crippen molar-refractivity contribution in [3.8, 4) is 0 Å². The van der Waals surface area contributed by atoms with Gasteiger partial charge in [0, 0.05) is 38.1 Å². The lowest BCUT2D eigenvalue weighted by Crippen LogP contribution is -2.34. The van der Waals surface area contributed by atoms with E-state index in [9.17, 15) is 0 Å². The van der Waals surface area contributed by atoms with Gasteiger partial charge in [-0.15, -0.1) is 0 Å². The third-order valence-corrected chi connectivity index (χ3v) is 6.47. The van der Waals surface area contributed by atoms with E-state index in [1.807, 2.05) is 0 Å². The first-order valence-corrected chi connectivity index (χ1v) is 10.7. The number of piperidine rings is 1. The molecule has 0 radical (unpaired) electrons. The molecule has 1 unspecified atom stereocenters. The van der Waals surface area contributed by atoms with Gasteiger partial charge in [-0.05, 0) is 56.0 Å². The van der Waals surface area contributed by atoms with Gasteiger partial charge >= 0.3 is 0 Å². The second kappa shape index (κ2) is 7.69. The van der Waals surface area contributed by atoms with Crippen molar-refractivity contribution in [1.82, 2.24) is 19.8 Å². The number of fused-ring (bicyclic) bond motifs is 1. The minimum absolute atomic E-state index is 0.551. The molecule has 28 heavy (non-hydrogen) atoms. The van der Waals surface area contributed by atoms with Gasteiger partial charge in [0.1, 0.15) is 5.82 Å². The van der Waals surface area contributed by atoms with Crippen molar-refractivity contribution in [2.45, 2.75) is 44.7 Å². The molecule has 2 aliphatic rings. The number of likely N-dealkylation sites (tertiary alicyclic amines) is 1. The van der Waals surface area contributed by atoms with Crippen molar-refractivity contribution in [1.29, 1.82) is 0 Å². The Morgan fingerprint density at radius 1 is 1.04 bits per heavy atom. The first kappa shape index (κ1) is 17.9. The van der Waals surface area contributed by atoms with E-state index >= 15 is 0 Å². The summed E-state index contributed by atoms with van der Waals surface area (Å²) >= 11 is 0. The molecule has 4 nitrogen and oxygen atoms in total. The predicted molar refractivity (Wildman–Crippen MR) is 115 cm³/mol. The number of aryl methyl sites for hydroxylation is 1. The Hall–Kier alpha value is -2.17. The van der Waals surface area contributed by atoms with Crippen LogP contribution in [-0.4, -0.2) is 40.6 Å². The molecule has 0 spiro atoms. The summed E-state index contributed by atoms with van der Waals surface area (Å²) in [6.45, 7) is 7.73. The third-order valence-electron chi connectivity index (χ3n) is 6.47. The Kier molecular flexibility index (Phi) is 4.91. The fourth-order valence-electron chi connectivity index (χ4n) is 4.95. The van der Waals surface area contributed by atoms with Crippen LogP contribution in [0.25, 0.3) is 11.0 Å². The Morgan fingerprint density at radius 3 is 2.61 bits per heavy atom. The standard InChI is InChI=1S/C24H30N4/c1-18-7-8-23-22(15-18)26-24(20-9-12-25-16-20)28(23)21-10-13-27(14-11-21)17-19-5-3-2-4-6-19/h2-8,15,20-21,25H,9-14,16-17H2,1H3. The molecule has 0 aliphatic carbocycles. The van der Waals surface area contributed by atoms with E-state index in [1.165, 1.54) is 47.2 Å². The summed E-state index contributed by atoms with van der Waals surface area (Å²) in [6.07, 6.45) is 3.62. The topological polar surface area (TPSA) is 33.1 Å². The maximum absolute atomic E-state index is 5.13. The highest BCUT2D eigenvalue weighted by molar-refractivity contribution is 5.77. The molecule has 0 bridgehead atoms. The van der Waals surface area contributed by atoms with Crippen LogP contribution in [-0.2, 0) is 6.54 Å². The van der Waals surface area contributed by atoms with Crippen molar-refractivity contribution in [2.75, 3.05) is 26.2 Å². The van der Waals surface area contributed by atoms with E-state index in [2.05, 4.69) is 70.2 Å². The first-order chi connectivity index (χ1) is 13.8. The monoisotopic (exact) mass is 374 g/mol. The first-order valence-electron chi connectivity index (χ1n) is 10.7. The smallest absolute Gasteiger partial charge is 0.114 e. The SMILES string of the molecule is Cc1ccc2c(c1)nc(C1CCNC1)n2C1CCN(Cc2ccccc2)CC1. The number of hydrogen-bond acceptors (Lipinski definition) is 3. The van der Waals surface area contributed by atoms with E-state index in [-0.39, 0.29) is 0 Å². The minimum Gasteiger partial charge on any atom is -0.324 e. The van der Waals surface area contributed by atoms with Gasteiger partial charge in [0.05, 0.1) is 11.0 Å². The Balaban J connectivity index is 1.39. The number of nitrogens with zero attached hydrogens (tertiary/aromatic N) is 3. The normalized spacial score (nSPS) is 21.5. The zero-order valence-electron chi connectivity index (χ0n) is 16.8. The molecule has 2 aliphatic heterocycles. The van der Waals surface area contributed by atoms with Gasteiger partial charge in [0.2, 0.25) is 0 Å². The zero-order chi connectivity index (χ0) is 18.9. The summed E-state index contributed by atoms with van der Waals surface area (Å²) in [5, 5.41) is 3.53. The quantitative estimate of drug-likeness (QED) is 0.741. The summed E-state index contributed by atoms with van der Waals surface area (Å²) < 4.78 is 2.60. The lowest BCUT2D eigenvalue weighted by atomic mass is 10.0. The van der Waals surface area contributed by atoms with Crippen LogP contribution in [0.15, 0.2) is 48.5 Å². The molecule has 1 N–H and O–H groups in total. The fourth-order valence-corrected chi connectivity index (χ4v) is 4.95. The molecule has 2 fully saturated rings. The second-order valence-electron chi connectivity index (χ2n) is 8.51. The number of nitrogens with one attached hydrogen (secondary N) is 1. The fraction of sp³-hybridized carbons (Fsp3) is 0.458.